The molecule has 1 N–H and O–H groups in total. The SMILES string of the molecule is CC(=O)O[C@@H]1[C@@H](OC(C)=O)[C@H]([n+]2ccc3c(C)c4[nH]c5ccc(OC(=O)CO[C@@H]6OC[C@H](OC(C)=O)[C@H](OC(C)=O)[C@H]6OC(C)=O)cc5c4c(C)c3c2)OC[C@@H]1OC(C)=O.[Br-]. The van der Waals surface area contributed by atoms with Gasteiger partial charge in [0, 0.05) is 69.3 Å². The van der Waals surface area contributed by atoms with Gasteiger partial charge in [-0.15, -0.1) is 0 Å². The first-order valence-corrected chi connectivity index (χ1v) is 18.9. The molecule has 4 aromatic rings. The predicted molar refractivity (Wildman–Crippen MR) is 203 cm³/mol. The van der Waals surface area contributed by atoms with Gasteiger partial charge in [0.1, 0.15) is 12.4 Å². The van der Waals surface area contributed by atoms with Crippen LogP contribution in [0.4, 0.5) is 0 Å². The Morgan fingerprint density at radius 3 is 1.79 bits per heavy atom. The number of halogens is 1. The van der Waals surface area contributed by atoms with Crippen molar-refractivity contribution in [1.29, 1.82) is 0 Å². The highest BCUT2D eigenvalue weighted by atomic mass is 79.9. The third kappa shape index (κ3) is 10.4. The number of benzene rings is 2. The van der Waals surface area contributed by atoms with Crippen molar-refractivity contribution in [1.82, 2.24) is 4.98 Å². The number of hydrogen-bond donors (Lipinski definition) is 1. The molecule has 61 heavy (non-hydrogen) atoms. The van der Waals surface area contributed by atoms with Gasteiger partial charge in [-0.1, -0.05) is 0 Å². The summed E-state index contributed by atoms with van der Waals surface area (Å²) in [5.74, 6) is -4.80. The van der Waals surface area contributed by atoms with Gasteiger partial charge in [-0.05, 0) is 48.6 Å². The van der Waals surface area contributed by atoms with Crippen molar-refractivity contribution in [2.75, 3.05) is 19.8 Å². The summed E-state index contributed by atoms with van der Waals surface area (Å²) in [6.45, 7) is 9.80. The van der Waals surface area contributed by atoms with Crippen LogP contribution >= 0.6 is 0 Å². The van der Waals surface area contributed by atoms with E-state index < -0.39 is 97.5 Å². The lowest BCUT2D eigenvalue weighted by atomic mass is 9.96. The molecule has 328 valence electrons. The largest absolute Gasteiger partial charge is 1.00 e. The van der Waals surface area contributed by atoms with Crippen LogP contribution in [0.15, 0.2) is 36.7 Å². The van der Waals surface area contributed by atoms with Crippen LogP contribution in [0.5, 0.6) is 5.75 Å². The number of H-pyrrole nitrogens is 1. The molecule has 0 saturated carbocycles. The van der Waals surface area contributed by atoms with E-state index in [-0.39, 0.29) is 35.9 Å². The average molecular weight is 918 g/mol. The van der Waals surface area contributed by atoms with Gasteiger partial charge in [0.25, 0.3) is 0 Å². The van der Waals surface area contributed by atoms with Gasteiger partial charge in [0.2, 0.25) is 6.10 Å². The number of pyridine rings is 1. The van der Waals surface area contributed by atoms with E-state index in [2.05, 4.69) is 4.98 Å². The van der Waals surface area contributed by atoms with Crippen molar-refractivity contribution in [3.05, 3.63) is 47.8 Å². The van der Waals surface area contributed by atoms with E-state index in [4.69, 9.17) is 47.4 Å². The quantitative estimate of drug-likeness (QED) is 0.0887. The van der Waals surface area contributed by atoms with E-state index in [1.54, 1.807) is 29.0 Å². The summed E-state index contributed by atoms with van der Waals surface area (Å²) in [6.07, 6.45) is -5.94. The van der Waals surface area contributed by atoms with Crippen molar-refractivity contribution >= 4 is 74.4 Å². The Hall–Kier alpha value is -5.70. The summed E-state index contributed by atoms with van der Waals surface area (Å²) in [7, 11) is 0. The van der Waals surface area contributed by atoms with Gasteiger partial charge in [-0.2, -0.15) is 4.57 Å². The highest BCUT2D eigenvalue weighted by Crippen LogP contribution is 2.38. The molecule has 0 aliphatic carbocycles. The summed E-state index contributed by atoms with van der Waals surface area (Å²) in [5, 5.41) is 3.25. The Kier molecular flexibility index (Phi) is 14.7. The summed E-state index contributed by atoms with van der Waals surface area (Å²) in [5.41, 5.74) is 3.34. The molecule has 2 fully saturated rings. The Bertz CT molecular complexity index is 2380. The van der Waals surface area contributed by atoms with E-state index in [9.17, 15) is 33.6 Å². The number of aromatic nitrogens is 2. The standard InChI is InChI=1S/C41H44N2O17.BrH/c1-18-29-14-43(40-38(58-24(7)48)36(56-22(5)46)31(15-51-40)54-20(3)44)12-11-27(29)19(2)35-34(18)28-13-26(9-10-30(28)42-35)60-33(50)17-53-41-39(59-25(8)49)37(57-23(6)47)32(16-52-41)55-21(4)45;/h9-14,31-32,36-41H,15-17H2,1-8H3;1H/t31-,32-,36-,37-,38+,39+,40+,41-;/m0./s1. The fourth-order valence-electron chi connectivity index (χ4n) is 7.61. The molecule has 0 radical (unpaired) electrons. The molecule has 2 saturated heterocycles. The first-order chi connectivity index (χ1) is 28.4. The molecule has 19 nitrogen and oxygen atoms in total. The number of carbonyl (C=O) groups is 7. The molecule has 8 atom stereocenters. The zero-order valence-corrected chi connectivity index (χ0v) is 36.1. The fourth-order valence-corrected chi connectivity index (χ4v) is 7.61. The summed E-state index contributed by atoms with van der Waals surface area (Å²) < 4.78 is 57.2. The molecule has 6 rings (SSSR count). The third-order valence-corrected chi connectivity index (χ3v) is 9.83. The van der Waals surface area contributed by atoms with Crippen LogP contribution in [0.2, 0.25) is 0 Å². The Morgan fingerprint density at radius 1 is 0.656 bits per heavy atom. The second kappa shape index (κ2) is 19.3. The van der Waals surface area contributed by atoms with Gasteiger partial charge in [0.05, 0.1) is 18.7 Å². The van der Waals surface area contributed by atoms with E-state index >= 15 is 0 Å². The Labute approximate surface area is 358 Å². The van der Waals surface area contributed by atoms with Crippen molar-refractivity contribution in [2.45, 2.75) is 105 Å². The molecule has 0 spiro atoms. The number of aromatic amines is 1. The molecule has 2 aliphatic rings. The number of ether oxygens (including phenoxy) is 10. The molecule has 0 bridgehead atoms. The van der Waals surface area contributed by atoms with Crippen LogP contribution in [0.1, 0.15) is 58.9 Å². The Morgan fingerprint density at radius 2 is 1.20 bits per heavy atom. The molecule has 2 aliphatic heterocycles. The van der Waals surface area contributed by atoms with E-state index in [0.29, 0.717) is 0 Å². The number of fused-ring (bicyclic) bond motifs is 4. The highest BCUT2D eigenvalue weighted by Gasteiger charge is 2.52. The van der Waals surface area contributed by atoms with E-state index in [0.717, 1.165) is 64.5 Å². The van der Waals surface area contributed by atoms with Gasteiger partial charge in [0.15, 0.2) is 49.2 Å². The molecule has 2 aromatic carbocycles. The van der Waals surface area contributed by atoms with E-state index in [1.807, 2.05) is 26.1 Å². The lowest BCUT2D eigenvalue weighted by Gasteiger charge is -2.39. The fraction of sp³-hybridized carbons (Fsp3) is 0.463. The predicted octanol–water partition coefficient (Wildman–Crippen LogP) is -0.220. The van der Waals surface area contributed by atoms with Crippen molar-refractivity contribution in [3.8, 4) is 5.75 Å². The molecular formula is C41H45BrN2O17. The van der Waals surface area contributed by atoms with Gasteiger partial charge < -0.3 is 69.3 Å². The van der Waals surface area contributed by atoms with Gasteiger partial charge >= 0.3 is 48.0 Å². The molecular weight excluding hydrogens is 872 g/mol. The second-order valence-corrected chi connectivity index (χ2v) is 14.4. The van der Waals surface area contributed by atoms with Gasteiger partial charge in [-0.3, -0.25) is 28.8 Å². The number of esters is 7. The molecule has 0 amide bonds. The van der Waals surface area contributed by atoms with Crippen LogP contribution in [-0.4, -0.2) is 110 Å². The van der Waals surface area contributed by atoms with Crippen LogP contribution in [0.3, 0.4) is 0 Å². The van der Waals surface area contributed by atoms with Crippen LogP contribution < -0.4 is 26.3 Å². The number of rotatable bonds is 11. The zero-order valence-electron chi connectivity index (χ0n) is 34.5. The average Bonchev–Trinajstić information content (AvgIpc) is 3.54. The van der Waals surface area contributed by atoms with Crippen LogP contribution in [-0.2, 0) is 76.2 Å². The molecule has 2 aromatic heterocycles. The highest BCUT2D eigenvalue weighted by molar-refractivity contribution is 6.16. The number of aryl methyl sites for hydroxylation is 2. The van der Waals surface area contributed by atoms with Crippen molar-refractivity contribution < 1.29 is 102 Å². The maximum Gasteiger partial charge on any atom is 0.337 e. The normalized spacial score (nSPS) is 23.6. The number of nitrogens with one attached hydrogen (secondary N) is 1. The molecule has 20 heteroatoms. The number of hydrogen-bond acceptors (Lipinski definition) is 17. The minimum atomic E-state index is -1.39. The van der Waals surface area contributed by atoms with E-state index in [1.165, 1.54) is 20.8 Å². The maximum atomic E-state index is 13.2. The lowest BCUT2D eigenvalue weighted by molar-refractivity contribution is -0.773. The summed E-state index contributed by atoms with van der Waals surface area (Å²) in [6, 6.07) is 6.94. The second-order valence-electron chi connectivity index (χ2n) is 14.4. The number of nitrogens with zero attached hydrogens (tertiary/aromatic N) is 1. The van der Waals surface area contributed by atoms with Crippen LogP contribution in [0, 0.1) is 13.8 Å². The third-order valence-electron chi connectivity index (χ3n) is 9.83. The number of carbonyl (C=O) groups excluding carboxylic acids is 7. The smallest absolute Gasteiger partial charge is 0.337 e. The Balaban J connectivity index is 0.00000704. The van der Waals surface area contributed by atoms with Crippen LogP contribution in [0.25, 0.3) is 32.6 Å². The molecule has 4 heterocycles. The lowest BCUT2D eigenvalue weighted by Crippen LogP contribution is -3.00. The summed E-state index contributed by atoms with van der Waals surface area (Å²) in [4.78, 5) is 88.5. The van der Waals surface area contributed by atoms with Crippen molar-refractivity contribution in [3.63, 3.8) is 0 Å². The van der Waals surface area contributed by atoms with Crippen molar-refractivity contribution in [2.24, 2.45) is 0 Å². The monoisotopic (exact) mass is 916 g/mol. The summed E-state index contributed by atoms with van der Waals surface area (Å²) >= 11 is 0. The topological polar surface area (TPSA) is 231 Å². The maximum absolute atomic E-state index is 13.2. The first-order valence-electron chi connectivity index (χ1n) is 18.9. The molecule has 0 unspecified atom stereocenters. The first kappa shape index (κ1) is 46.4. The zero-order chi connectivity index (χ0) is 43.6. The minimum Gasteiger partial charge on any atom is -1.00 e. The van der Waals surface area contributed by atoms with Gasteiger partial charge in [-0.25, -0.2) is 4.79 Å². The minimum absolute atomic E-state index is 0.